The molecule has 0 unspecified atom stereocenters. The van der Waals surface area contributed by atoms with Crippen molar-refractivity contribution in [2.45, 2.75) is 39.7 Å². The van der Waals surface area contributed by atoms with Crippen LogP contribution in [-0.4, -0.2) is 47.9 Å². The van der Waals surface area contributed by atoms with Crippen molar-refractivity contribution in [1.82, 2.24) is 9.80 Å². The molecule has 0 fully saturated rings. The first-order valence-electron chi connectivity index (χ1n) is 10.4. The minimum atomic E-state index is -0.166. The van der Waals surface area contributed by atoms with Gasteiger partial charge in [-0.05, 0) is 53.6 Å². The Bertz CT molecular complexity index is 866. The SMILES string of the molecule is CCC(=O)N(CC(=O)N1CCc2sccc2[C@H]1COc1ccc(Cl)cc1)CC(C)C. The average molecular weight is 449 g/mol. The van der Waals surface area contributed by atoms with Gasteiger partial charge in [0.1, 0.15) is 12.4 Å². The number of carbonyl (C=O) groups excluding carboxylic acids is 2. The second kappa shape index (κ2) is 10.3. The van der Waals surface area contributed by atoms with Crippen molar-refractivity contribution in [2.24, 2.45) is 5.92 Å². The van der Waals surface area contributed by atoms with Gasteiger partial charge in [0, 0.05) is 29.4 Å². The van der Waals surface area contributed by atoms with Gasteiger partial charge >= 0.3 is 0 Å². The Morgan fingerprint density at radius 1 is 1.27 bits per heavy atom. The molecule has 162 valence electrons. The van der Waals surface area contributed by atoms with Crippen LogP contribution < -0.4 is 4.74 Å². The van der Waals surface area contributed by atoms with Crippen molar-refractivity contribution < 1.29 is 14.3 Å². The highest BCUT2D eigenvalue weighted by Gasteiger charge is 2.33. The van der Waals surface area contributed by atoms with E-state index in [0.717, 1.165) is 17.7 Å². The van der Waals surface area contributed by atoms with Gasteiger partial charge in [0.2, 0.25) is 11.8 Å². The first-order chi connectivity index (χ1) is 14.4. The van der Waals surface area contributed by atoms with Crippen molar-refractivity contribution in [3.8, 4) is 5.75 Å². The van der Waals surface area contributed by atoms with Gasteiger partial charge in [-0.15, -0.1) is 11.3 Å². The van der Waals surface area contributed by atoms with E-state index in [1.54, 1.807) is 28.4 Å². The molecule has 1 atom stereocenters. The van der Waals surface area contributed by atoms with Crippen LogP contribution >= 0.6 is 22.9 Å². The maximum atomic E-state index is 13.3. The van der Waals surface area contributed by atoms with E-state index in [9.17, 15) is 9.59 Å². The fourth-order valence-corrected chi connectivity index (χ4v) is 4.81. The number of carbonyl (C=O) groups is 2. The minimum absolute atomic E-state index is 0.0132. The quantitative estimate of drug-likeness (QED) is 0.582. The van der Waals surface area contributed by atoms with E-state index in [4.69, 9.17) is 16.3 Å². The summed E-state index contributed by atoms with van der Waals surface area (Å²) in [5.41, 5.74) is 1.14. The summed E-state index contributed by atoms with van der Waals surface area (Å²) in [5, 5.41) is 2.72. The first kappa shape index (κ1) is 22.6. The summed E-state index contributed by atoms with van der Waals surface area (Å²) >= 11 is 7.68. The fourth-order valence-electron chi connectivity index (χ4n) is 3.75. The predicted octanol–water partition coefficient (Wildman–Crippen LogP) is 4.80. The van der Waals surface area contributed by atoms with Crippen LogP contribution in [0.3, 0.4) is 0 Å². The van der Waals surface area contributed by atoms with Crippen LogP contribution in [0.15, 0.2) is 35.7 Å². The van der Waals surface area contributed by atoms with E-state index in [1.165, 1.54) is 4.88 Å². The average Bonchev–Trinajstić information content (AvgIpc) is 3.20. The summed E-state index contributed by atoms with van der Waals surface area (Å²) in [4.78, 5) is 30.5. The number of thiophene rings is 1. The summed E-state index contributed by atoms with van der Waals surface area (Å²) < 4.78 is 6.02. The summed E-state index contributed by atoms with van der Waals surface area (Å²) in [6.45, 7) is 7.65. The van der Waals surface area contributed by atoms with Gasteiger partial charge in [-0.1, -0.05) is 32.4 Å². The number of benzene rings is 1. The molecule has 0 saturated carbocycles. The summed E-state index contributed by atoms with van der Waals surface area (Å²) in [5.74, 6) is 1.01. The number of rotatable bonds is 8. The van der Waals surface area contributed by atoms with Gasteiger partial charge in [-0.2, -0.15) is 0 Å². The molecule has 0 aliphatic carbocycles. The molecule has 1 aliphatic rings. The second-order valence-corrected chi connectivity index (χ2v) is 9.38. The minimum Gasteiger partial charge on any atom is -0.491 e. The summed E-state index contributed by atoms with van der Waals surface area (Å²) in [7, 11) is 0. The van der Waals surface area contributed by atoms with Crippen LogP contribution in [0.25, 0.3) is 0 Å². The van der Waals surface area contributed by atoms with Crippen molar-refractivity contribution in [2.75, 3.05) is 26.2 Å². The normalized spacial score (nSPS) is 15.8. The fraction of sp³-hybridized carbons (Fsp3) is 0.478. The number of nitrogens with zero attached hydrogens (tertiary/aromatic N) is 2. The van der Waals surface area contributed by atoms with Crippen molar-refractivity contribution >= 4 is 34.8 Å². The molecule has 2 amide bonds. The molecule has 0 saturated heterocycles. The lowest BCUT2D eigenvalue weighted by Gasteiger charge is -2.37. The Morgan fingerprint density at radius 2 is 2.00 bits per heavy atom. The number of amides is 2. The Balaban J connectivity index is 1.76. The molecule has 7 heteroatoms. The molecule has 1 aromatic carbocycles. The van der Waals surface area contributed by atoms with Crippen LogP contribution in [0.1, 0.15) is 43.7 Å². The van der Waals surface area contributed by atoms with E-state index in [2.05, 4.69) is 25.3 Å². The molecule has 0 spiro atoms. The smallest absolute Gasteiger partial charge is 0.242 e. The number of hydrogen-bond acceptors (Lipinski definition) is 4. The maximum absolute atomic E-state index is 13.3. The molecule has 1 aliphatic heterocycles. The Hall–Kier alpha value is -2.05. The monoisotopic (exact) mass is 448 g/mol. The molecule has 3 rings (SSSR count). The molecule has 30 heavy (non-hydrogen) atoms. The number of ether oxygens (including phenoxy) is 1. The third-order valence-electron chi connectivity index (χ3n) is 5.20. The van der Waals surface area contributed by atoms with E-state index in [1.807, 2.05) is 24.0 Å². The van der Waals surface area contributed by atoms with Crippen LogP contribution in [0.2, 0.25) is 5.02 Å². The molecule has 5 nitrogen and oxygen atoms in total. The van der Waals surface area contributed by atoms with Crippen molar-refractivity contribution in [3.63, 3.8) is 0 Å². The highest BCUT2D eigenvalue weighted by Crippen LogP contribution is 2.34. The lowest BCUT2D eigenvalue weighted by molar-refractivity contribution is -0.143. The molecule has 2 heterocycles. The largest absolute Gasteiger partial charge is 0.491 e. The predicted molar refractivity (Wildman–Crippen MR) is 121 cm³/mol. The molecule has 1 aromatic heterocycles. The van der Waals surface area contributed by atoms with Gasteiger partial charge in [0.25, 0.3) is 0 Å². The topological polar surface area (TPSA) is 49.9 Å². The Morgan fingerprint density at radius 3 is 2.67 bits per heavy atom. The lowest BCUT2D eigenvalue weighted by atomic mass is 10.0. The van der Waals surface area contributed by atoms with Gasteiger partial charge in [0.05, 0.1) is 12.6 Å². The highest BCUT2D eigenvalue weighted by atomic mass is 35.5. The third kappa shape index (κ3) is 5.55. The molecular formula is C23H29ClN2O3S. The zero-order valence-corrected chi connectivity index (χ0v) is 19.3. The molecule has 2 aromatic rings. The van der Waals surface area contributed by atoms with Crippen LogP contribution in [0.4, 0.5) is 0 Å². The Kier molecular flexibility index (Phi) is 7.78. The van der Waals surface area contributed by atoms with E-state index in [-0.39, 0.29) is 24.4 Å². The van der Waals surface area contributed by atoms with Crippen LogP contribution in [0.5, 0.6) is 5.75 Å². The zero-order valence-electron chi connectivity index (χ0n) is 17.8. The molecule has 0 radical (unpaired) electrons. The number of halogens is 1. The summed E-state index contributed by atoms with van der Waals surface area (Å²) in [6, 6.07) is 9.15. The zero-order chi connectivity index (χ0) is 21.7. The lowest BCUT2D eigenvalue weighted by Crippen LogP contribution is -2.48. The third-order valence-corrected chi connectivity index (χ3v) is 6.45. The Labute approximate surface area is 187 Å². The van der Waals surface area contributed by atoms with E-state index >= 15 is 0 Å². The van der Waals surface area contributed by atoms with Crippen LogP contribution in [-0.2, 0) is 16.0 Å². The number of fused-ring (bicyclic) bond motifs is 1. The van der Waals surface area contributed by atoms with Gasteiger partial charge in [-0.25, -0.2) is 0 Å². The van der Waals surface area contributed by atoms with Crippen LogP contribution in [0, 0.1) is 5.92 Å². The summed E-state index contributed by atoms with van der Waals surface area (Å²) in [6.07, 6.45) is 1.24. The van der Waals surface area contributed by atoms with E-state index in [0.29, 0.717) is 37.1 Å². The molecular weight excluding hydrogens is 420 g/mol. The van der Waals surface area contributed by atoms with Crippen molar-refractivity contribution in [1.29, 1.82) is 0 Å². The van der Waals surface area contributed by atoms with Crippen molar-refractivity contribution in [3.05, 3.63) is 51.2 Å². The van der Waals surface area contributed by atoms with Gasteiger partial charge in [0.15, 0.2) is 0 Å². The highest BCUT2D eigenvalue weighted by molar-refractivity contribution is 7.10. The van der Waals surface area contributed by atoms with Gasteiger partial charge in [-0.3, -0.25) is 9.59 Å². The molecule has 0 N–H and O–H groups in total. The van der Waals surface area contributed by atoms with E-state index < -0.39 is 0 Å². The molecule has 0 bridgehead atoms. The first-order valence-corrected chi connectivity index (χ1v) is 11.7. The van der Waals surface area contributed by atoms with Gasteiger partial charge < -0.3 is 14.5 Å². The maximum Gasteiger partial charge on any atom is 0.242 e. The standard InChI is InChI=1S/C23H29ClN2O3S/c1-4-22(27)25(13-16(2)3)14-23(28)26-11-9-21-19(10-12-30-21)20(26)15-29-18-7-5-17(24)6-8-18/h5-8,10,12,16,20H,4,9,11,13-15H2,1-3H3/t20-/m1/s1. The second-order valence-electron chi connectivity index (χ2n) is 7.94. The number of hydrogen-bond donors (Lipinski definition) is 0.